The van der Waals surface area contributed by atoms with E-state index < -0.39 is 0 Å². The minimum absolute atomic E-state index is 0.570. The smallest absolute Gasteiger partial charge is 0.123 e. The molecule has 2 rings (SSSR count). The Morgan fingerprint density at radius 1 is 1.21 bits per heavy atom. The second-order valence-electron chi connectivity index (χ2n) is 5.12. The molecule has 2 N–H and O–H groups in total. The summed E-state index contributed by atoms with van der Waals surface area (Å²) in [7, 11) is 0. The molecule has 0 saturated heterocycles. The topological polar surface area (TPSA) is 38.9 Å². The summed E-state index contributed by atoms with van der Waals surface area (Å²) in [5.74, 6) is 0.570. The van der Waals surface area contributed by atoms with Crippen molar-refractivity contribution in [1.82, 2.24) is 4.98 Å². The zero-order valence-corrected chi connectivity index (χ0v) is 12.8. The van der Waals surface area contributed by atoms with Gasteiger partial charge in [0.25, 0.3) is 0 Å². The Labute approximate surface area is 119 Å². The highest BCUT2D eigenvalue weighted by molar-refractivity contribution is 7.15. The van der Waals surface area contributed by atoms with Crippen molar-refractivity contribution < 1.29 is 0 Å². The lowest BCUT2D eigenvalue weighted by Gasteiger charge is -2.05. The molecule has 1 aromatic carbocycles. The molecule has 0 fully saturated rings. The Bertz CT molecular complexity index is 526. The van der Waals surface area contributed by atoms with Crippen LogP contribution in [0.25, 0.3) is 10.6 Å². The predicted molar refractivity (Wildman–Crippen MR) is 83.5 cm³/mol. The van der Waals surface area contributed by atoms with E-state index in [9.17, 15) is 0 Å². The van der Waals surface area contributed by atoms with Crippen LogP contribution in [-0.4, -0.2) is 4.98 Å². The van der Waals surface area contributed by atoms with E-state index >= 15 is 0 Å². The molecule has 0 spiro atoms. The van der Waals surface area contributed by atoms with Crippen LogP contribution in [0.4, 0.5) is 0 Å². The van der Waals surface area contributed by atoms with Crippen LogP contribution >= 0.6 is 11.3 Å². The summed E-state index contributed by atoms with van der Waals surface area (Å²) in [4.78, 5) is 5.98. The first-order valence-electron chi connectivity index (χ1n) is 6.94. The van der Waals surface area contributed by atoms with Gasteiger partial charge >= 0.3 is 0 Å². The molecular weight excluding hydrogens is 252 g/mol. The van der Waals surface area contributed by atoms with Crippen molar-refractivity contribution >= 4 is 11.3 Å². The number of thiazole rings is 1. The third-order valence-corrected chi connectivity index (χ3v) is 4.44. The molecule has 19 heavy (non-hydrogen) atoms. The summed E-state index contributed by atoms with van der Waals surface area (Å²) in [6, 6.07) is 8.74. The summed E-state index contributed by atoms with van der Waals surface area (Å²) in [5, 5.41) is 1.10. The van der Waals surface area contributed by atoms with Crippen LogP contribution in [0.5, 0.6) is 0 Å². The molecule has 3 heteroatoms. The molecule has 0 aliphatic heterocycles. The molecule has 0 aliphatic carbocycles. The summed E-state index contributed by atoms with van der Waals surface area (Å²) < 4.78 is 0. The van der Waals surface area contributed by atoms with Crippen molar-refractivity contribution in [1.29, 1.82) is 0 Å². The second kappa shape index (κ2) is 6.31. The number of hydrogen-bond donors (Lipinski definition) is 1. The normalized spacial score (nSPS) is 11.2. The standard InChI is InChI=1S/C16H22N2S/c1-4-5-14-15(10-17)19-16(18-14)13-8-6-12(7-9-13)11(2)3/h6-9,11H,4-5,10,17H2,1-3H3. The van der Waals surface area contributed by atoms with E-state index in [-0.39, 0.29) is 0 Å². The third-order valence-electron chi connectivity index (χ3n) is 3.27. The molecular formula is C16H22N2S. The number of aromatic nitrogens is 1. The monoisotopic (exact) mass is 274 g/mol. The first-order valence-corrected chi connectivity index (χ1v) is 7.76. The molecule has 0 aliphatic rings. The average molecular weight is 274 g/mol. The van der Waals surface area contributed by atoms with Gasteiger partial charge < -0.3 is 5.73 Å². The van der Waals surface area contributed by atoms with Gasteiger partial charge in [0.05, 0.1) is 5.69 Å². The SMILES string of the molecule is CCCc1nc(-c2ccc(C(C)C)cc2)sc1CN. The summed E-state index contributed by atoms with van der Waals surface area (Å²) >= 11 is 1.73. The van der Waals surface area contributed by atoms with Gasteiger partial charge in [-0.3, -0.25) is 0 Å². The first kappa shape index (κ1) is 14.2. The predicted octanol–water partition coefficient (Wildman–Crippen LogP) is 4.34. The molecule has 0 bridgehead atoms. The molecule has 1 heterocycles. The van der Waals surface area contributed by atoms with Crippen LogP contribution in [0.2, 0.25) is 0 Å². The second-order valence-corrected chi connectivity index (χ2v) is 6.20. The van der Waals surface area contributed by atoms with Crippen LogP contribution in [-0.2, 0) is 13.0 Å². The molecule has 102 valence electrons. The summed E-state index contributed by atoms with van der Waals surface area (Å²) in [5.41, 5.74) is 9.55. The number of nitrogens with zero attached hydrogens (tertiary/aromatic N) is 1. The lowest BCUT2D eigenvalue weighted by Crippen LogP contribution is -1.97. The van der Waals surface area contributed by atoms with E-state index in [2.05, 4.69) is 45.0 Å². The van der Waals surface area contributed by atoms with Gasteiger partial charge in [0.2, 0.25) is 0 Å². The average Bonchev–Trinajstić information content (AvgIpc) is 2.82. The van der Waals surface area contributed by atoms with E-state index in [4.69, 9.17) is 10.7 Å². The molecule has 0 radical (unpaired) electrons. The molecule has 0 atom stereocenters. The van der Waals surface area contributed by atoms with Crippen LogP contribution < -0.4 is 5.73 Å². The van der Waals surface area contributed by atoms with Gasteiger partial charge in [-0.05, 0) is 17.9 Å². The van der Waals surface area contributed by atoms with Crippen LogP contribution in [0, 0.1) is 0 Å². The number of benzene rings is 1. The van der Waals surface area contributed by atoms with E-state index in [1.807, 2.05) is 0 Å². The molecule has 1 aromatic heterocycles. The Kier molecular flexibility index (Phi) is 4.72. The first-order chi connectivity index (χ1) is 9.15. The third kappa shape index (κ3) is 3.23. The van der Waals surface area contributed by atoms with E-state index in [1.54, 1.807) is 11.3 Å². The summed E-state index contributed by atoms with van der Waals surface area (Å²) in [6.07, 6.45) is 2.13. The molecule has 2 aromatic rings. The molecule has 2 nitrogen and oxygen atoms in total. The van der Waals surface area contributed by atoms with Crippen molar-refractivity contribution in [2.45, 2.75) is 46.1 Å². The van der Waals surface area contributed by atoms with E-state index in [0.717, 1.165) is 17.8 Å². The maximum absolute atomic E-state index is 5.81. The Morgan fingerprint density at radius 2 is 1.89 bits per heavy atom. The molecule has 0 saturated carbocycles. The van der Waals surface area contributed by atoms with Gasteiger partial charge in [-0.25, -0.2) is 4.98 Å². The van der Waals surface area contributed by atoms with Gasteiger partial charge in [0, 0.05) is 17.0 Å². The van der Waals surface area contributed by atoms with E-state index in [0.29, 0.717) is 12.5 Å². The fourth-order valence-electron chi connectivity index (χ4n) is 2.11. The Balaban J connectivity index is 2.30. The molecule has 0 unspecified atom stereocenters. The van der Waals surface area contributed by atoms with Gasteiger partial charge in [-0.1, -0.05) is 51.5 Å². The zero-order valence-electron chi connectivity index (χ0n) is 11.9. The van der Waals surface area contributed by atoms with Gasteiger partial charge in [0.1, 0.15) is 5.01 Å². The number of nitrogens with two attached hydrogens (primary N) is 1. The van der Waals surface area contributed by atoms with Crippen LogP contribution in [0.3, 0.4) is 0 Å². The van der Waals surface area contributed by atoms with Gasteiger partial charge in [-0.15, -0.1) is 11.3 Å². The van der Waals surface area contributed by atoms with Crippen molar-refractivity contribution in [3.8, 4) is 10.6 Å². The van der Waals surface area contributed by atoms with Crippen molar-refractivity contribution in [2.24, 2.45) is 5.73 Å². The van der Waals surface area contributed by atoms with Gasteiger partial charge in [0.15, 0.2) is 0 Å². The zero-order chi connectivity index (χ0) is 13.8. The lowest BCUT2D eigenvalue weighted by molar-refractivity contribution is 0.866. The maximum Gasteiger partial charge on any atom is 0.123 e. The van der Waals surface area contributed by atoms with Crippen LogP contribution in [0.1, 0.15) is 49.2 Å². The van der Waals surface area contributed by atoms with E-state index in [1.165, 1.54) is 21.7 Å². The maximum atomic E-state index is 5.81. The number of rotatable bonds is 5. The number of hydrogen-bond acceptors (Lipinski definition) is 3. The highest BCUT2D eigenvalue weighted by Gasteiger charge is 2.11. The van der Waals surface area contributed by atoms with Crippen molar-refractivity contribution in [2.75, 3.05) is 0 Å². The van der Waals surface area contributed by atoms with Crippen molar-refractivity contribution in [3.05, 3.63) is 40.4 Å². The molecule has 0 amide bonds. The largest absolute Gasteiger partial charge is 0.326 e. The minimum atomic E-state index is 0.570. The fourth-order valence-corrected chi connectivity index (χ4v) is 3.10. The van der Waals surface area contributed by atoms with Gasteiger partial charge in [-0.2, -0.15) is 0 Å². The van der Waals surface area contributed by atoms with Crippen LogP contribution in [0.15, 0.2) is 24.3 Å². The minimum Gasteiger partial charge on any atom is -0.326 e. The fraction of sp³-hybridized carbons (Fsp3) is 0.438. The van der Waals surface area contributed by atoms with Crippen molar-refractivity contribution in [3.63, 3.8) is 0 Å². The summed E-state index contributed by atoms with van der Waals surface area (Å²) in [6.45, 7) is 7.20. The number of aryl methyl sites for hydroxylation is 1. The highest BCUT2D eigenvalue weighted by atomic mass is 32.1. The Hall–Kier alpha value is -1.19. The lowest BCUT2D eigenvalue weighted by atomic mass is 10.0. The Morgan fingerprint density at radius 3 is 2.42 bits per heavy atom. The highest BCUT2D eigenvalue weighted by Crippen LogP contribution is 2.29. The quantitative estimate of drug-likeness (QED) is 0.880.